The Hall–Kier alpha value is -3.32. The number of benzene rings is 2. The van der Waals surface area contributed by atoms with E-state index in [2.05, 4.69) is 6.07 Å². The van der Waals surface area contributed by atoms with Gasteiger partial charge in [0.05, 0.1) is 12.2 Å². The molecule has 0 aliphatic rings. The summed E-state index contributed by atoms with van der Waals surface area (Å²) >= 11 is 0. The van der Waals surface area contributed by atoms with Gasteiger partial charge in [0, 0.05) is 18.3 Å². The van der Waals surface area contributed by atoms with Gasteiger partial charge in [-0.05, 0) is 30.5 Å². The van der Waals surface area contributed by atoms with Crippen LogP contribution in [-0.4, -0.2) is 17.1 Å². The van der Waals surface area contributed by atoms with Crippen molar-refractivity contribution in [1.82, 2.24) is 4.57 Å². The van der Waals surface area contributed by atoms with Crippen molar-refractivity contribution in [3.05, 3.63) is 71.5 Å². The summed E-state index contributed by atoms with van der Waals surface area (Å²) in [6, 6.07) is 20.2. The molecular weight excluding hydrogens is 324 g/mol. The van der Waals surface area contributed by atoms with E-state index in [1.54, 1.807) is 18.5 Å². The lowest BCUT2D eigenvalue weighted by Gasteiger charge is -2.09. The van der Waals surface area contributed by atoms with E-state index in [-0.39, 0.29) is 6.61 Å². The second-order valence-corrected chi connectivity index (χ2v) is 6.02. The molecule has 2 aromatic carbocycles. The van der Waals surface area contributed by atoms with Crippen LogP contribution in [0.2, 0.25) is 0 Å². The SMILES string of the molecule is CCOC(=O)c1c(-c2ccc(-c3ccccc3)cc2)c(C#N)c(C)n1C. The molecule has 0 saturated carbocycles. The number of carbonyl (C=O) groups excluding carboxylic acids is 1. The zero-order chi connectivity index (χ0) is 18.7. The van der Waals surface area contributed by atoms with Crippen molar-refractivity contribution >= 4 is 5.97 Å². The fourth-order valence-electron chi connectivity index (χ4n) is 3.12. The summed E-state index contributed by atoms with van der Waals surface area (Å²) in [6.45, 7) is 3.90. The molecule has 0 N–H and O–H groups in total. The van der Waals surface area contributed by atoms with Crippen LogP contribution < -0.4 is 0 Å². The zero-order valence-electron chi connectivity index (χ0n) is 15.1. The third kappa shape index (κ3) is 3.00. The standard InChI is InChI=1S/C22H20N2O2/c1-4-26-22(25)21-20(19(14-23)15(2)24(21)3)18-12-10-17(11-13-18)16-8-6-5-7-9-16/h5-13H,4H2,1-3H3. The Morgan fingerprint density at radius 3 is 2.19 bits per heavy atom. The Kier molecular flexibility index (Phi) is 4.90. The van der Waals surface area contributed by atoms with E-state index in [0.29, 0.717) is 16.8 Å². The van der Waals surface area contributed by atoms with Crippen molar-refractivity contribution in [2.75, 3.05) is 6.61 Å². The number of ether oxygens (including phenoxy) is 1. The molecule has 0 aliphatic carbocycles. The van der Waals surface area contributed by atoms with Gasteiger partial charge in [0.2, 0.25) is 0 Å². The van der Waals surface area contributed by atoms with E-state index >= 15 is 0 Å². The molecule has 4 heteroatoms. The summed E-state index contributed by atoms with van der Waals surface area (Å²) in [5.74, 6) is -0.415. The highest BCUT2D eigenvalue weighted by Crippen LogP contribution is 2.33. The highest BCUT2D eigenvalue weighted by Gasteiger charge is 2.25. The zero-order valence-corrected chi connectivity index (χ0v) is 15.1. The van der Waals surface area contributed by atoms with E-state index in [4.69, 9.17) is 4.74 Å². The molecule has 0 unspecified atom stereocenters. The first-order valence-corrected chi connectivity index (χ1v) is 8.50. The van der Waals surface area contributed by atoms with Gasteiger partial charge in [0.25, 0.3) is 0 Å². The number of aromatic nitrogens is 1. The fraction of sp³-hybridized carbons (Fsp3) is 0.182. The van der Waals surface area contributed by atoms with Gasteiger partial charge in [-0.3, -0.25) is 0 Å². The summed E-state index contributed by atoms with van der Waals surface area (Å²) in [5, 5.41) is 9.63. The second-order valence-electron chi connectivity index (χ2n) is 6.02. The molecule has 0 fully saturated rings. The lowest BCUT2D eigenvalue weighted by molar-refractivity contribution is 0.0516. The molecule has 0 saturated heterocycles. The molecule has 0 amide bonds. The molecule has 0 aliphatic heterocycles. The average molecular weight is 344 g/mol. The number of hydrogen-bond acceptors (Lipinski definition) is 3. The number of carbonyl (C=O) groups is 1. The van der Waals surface area contributed by atoms with Crippen molar-refractivity contribution < 1.29 is 9.53 Å². The van der Waals surface area contributed by atoms with Crippen LogP contribution in [0, 0.1) is 18.3 Å². The maximum absolute atomic E-state index is 12.5. The molecule has 0 radical (unpaired) electrons. The van der Waals surface area contributed by atoms with E-state index in [1.165, 1.54) is 0 Å². The van der Waals surface area contributed by atoms with Crippen molar-refractivity contribution in [2.24, 2.45) is 7.05 Å². The highest BCUT2D eigenvalue weighted by atomic mass is 16.5. The molecule has 0 spiro atoms. The number of rotatable bonds is 4. The first kappa shape index (κ1) is 17.5. The van der Waals surface area contributed by atoms with Crippen molar-refractivity contribution in [2.45, 2.75) is 13.8 Å². The lowest BCUT2D eigenvalue weighted by Crippen LogP contribution is -2.11. The Morgan fingerprint density at radius 2 is 1.62 bits per heavy atom. The van der Waals surface area contributed by atoms with E-state index in [0.717, 1.165) is 22.4 Å². The van der Waals surface area contributed by atoms with Crippen LogP contribution in [0.25, 0.3) is 22.3 Å². The smallest absolute Gasteiger partial charge is 0.355 e. The summed E-state index contributed by atoms with van der Waals surface area (Å²) in [5.41, 5.74) is 5.32. The third-order valence-electron chi connectivity index (χ3n) is 4.55. The van der Waals surface area contributed by atoms with Crippen LogP contribution in [-0.2, 0) is 11.8 Å². The molecule has 130 valence electrons. The van der Waals surface area contributed by atoms with Crippen LogP contribution in [0.4, 0.5) is 0 Å². The van der Waals surface area contributed by atoms with Crippen LogP contribution in [0.3, 0.4) is 0 Å². The fourth-order valence-corrected chi connectivity index (χ4v) is 3.12. The molecule has 26 heavy (non-hydrogen) atoms. The van der Waals surface area contributed by atoms with Gasteiger partial charge in [-0.15, -0.1) is 0 Å². The Morgan fingerprint density at radius 1 is 1.04 bits per heavy atom. The van der Waals surface area contributed by atoms with Gasteiger partial charge in [-0.25, -0.2) is 4.79 Å². The van der Waals surface area contributed by atoms with Crippen LogP contribution in [0.15, 0.2) is 54.6 Å². The first-order valence-electron chi connectivity index (χ1n) is 8.50. The van der Waals surface area contributed by atoms with Gasteiger partial charge in [0.1, 0.15) is 11.8 Å². The molecule has 1 aromatic heterocycles. The van der Waals surface area contributed by atoms with Crippen LogP contribution in [0.1, 0.15) is 28.7 Å². The second kappa shape index (κ2) is 7.28. The van der Waals surface area contributed by atoms with Gasteiger partial charge in [0.15, 0.2) is 0 Å². The van der Waals surface area contributed by atoms with Crippen molar-refractivity contribution in [3.8, 4) is 28.3 Å². The molecule has 4 nitrogen and oxygen atoms in total. The van der Waals surface area contributed by atoms with Gasteiger partial charge < -0.3 is 9.30 Å². The topological polar surface area (TPSA) is 55.0 Å². The number of hydrogen-bond donors (Lipinski definition) is 0. The Labute approximate surface area is 153 Å². The van der Waals surface area contributed by atoms with E-state index in [1.807, 2.05) is 61.5 Å². The maximum Gasteiger partial charge on any atom is 0.355 e. The van der Waals surface area contributed by atoms with E-state index < -0.39 is 5.97 Å². The minimum Gasteiger partial charge on any atom is -0.461 e. The number of esters is 1. The molecule has 0 atom stereocenters. The summed E-state index contributed by atoms with van der Waals surface area (Å²) in [7, 11) is 1.78. The van der Waals surface area contributed by atoms with Gasteiger partial charge in [-0.1, -0.05) is 54.6 Å². The minimum atomic E-state index is -0.415. The maximum atomic E-state index is 12.5. The number of nitriles is 1. The Balaban J connectivity index is 2.13. The summed E-state index contributed by atoms with van der Waals surface area (Å²) in [6.07, 6.45) is 0. The Bertz CT molecular complexity index is 978. The van der Waals surface area contributed by atoms with Crippen molar-refractivity contribution in [1.29, 1.82) is 5.26 Å². The molecular formula is C22H20N2O2. The number of nitrogens with zero attached hydrogens (tertiary/aromatic N) is 2. The largest absolute Gasteiger partial charge is 0.461 e. The van der Waals surface area contributed by atoms with Crippen molar-refractivity contribution in [3.63, 3.8) is 0 Å². The lowest BCUT2D eigenvalue weighted by atomic mass is 9.97. The minimum absolute atomic E-state index is 0.289. The molecule has 3 rings (SSSR count). The molecule has 1 heterocycles. The van der Waals surface area contributed by atoms with Gasteiger partial charge in [-0.2, -0.15) is 5.26 Å². The molecule has 3 aromatic rings. The molecule has 0 bridgehead atoms. The first-order chi connectivity index (χ1) is 12.6. The quantitative estimate of drug-likeness (QED) is 0.644. The average Bonchev–Trinajstić information content (AvgIpc) is 2.93. The summed E-state index contributed by atoms with van der Waals surface area (Å²) < 4.78 is 6.94. The monoisotopic (exact) mass is 344 g/mol. The highest BCUT2D eigenvalue weighted by molar-refractivity contribution is 5.98. The van der Waals surface area contributed by atoms with Crippen LogP contribution in [0.5, 0.6) is 0 Å². The predicted molar refractivity (Wildman–Crippen MR) is 102 cm³/mol. The van der Waals surface area contributed by atoms with Crippen LogP contribution >= 0.6 is 0 Å². The van der Waals surface area contributed by atoms with Gasteiger partial charge >= 0.3 is 5.97 Å². The van der Waals surface area contributed by atoms with E-state index in [9.17, 15) is 10.1 Å². The predicted octanol–water partition coefficient (Wildman–Crippen LogP) is 4.72. The summed E-state index contributed by atoms with van der Waals surface area (Å²) in [4.78, 5) is 12.5. The normalized spacial score (nSPS) is 10.4. The third-order valence-corrected chi connectivity index (χ3v) is 4.55.